The van der Waals surface area contributed by atoms with Gasteiger partial charge in [-0.3, -0.25) is 0 Å². The topological polar surface area (TPSA) is 74.6 Å². The van der Waals surface area contributed by atoms with Crippen LogP contribution >= 0.6 is 11.8 Å². The van der Waals surface area contributed by atoms with Gasteiger partial charge in [-0.25, -0.2) is 8.42 Å². The van der Waals surface area contributed by atoms with Gasteiger partial charge in [-0.2, -0.15) is 0 Å². The standard InChI is InChI=1S/C10H12O4S2/c11-7-1-3-8(4-2-7)15-10-6-16(13,14)5-9(10)12/h1-4,9-12H,5-6H2/t9-,10-/m1/s1. The average molecular weight is 260 g/mol. The molecule has 1 aromatic carbocycles. The molecule has 0 amide bonds. The highest BCUT2D eigenvalue weighted by Gasteiger charge is 2.36. The third-order valence-corrected chi connectivity index (χ3v) is 5.65. The van der Waals surface area contributed by atoms with Crippen molar-refractivity contribution in [1.82, 2.24) is 0 Å². The molecule has 1 aromatic rings. The summed E-state index contributed by atoms with van der Waals surface area (Å²) in [6, 6.07) is 6.49. The van der Waals surface area contributed by atoms with E-state index in [-0.39, 0.29) is 22.5 Å². The van der Waals surface area contributed by atoms with Crippen molar-refractivity contribution in [2.24, 2.45) is 0 Å². The maximum atomic E-state index is 11.3. The molecule has 2 rings (SSSR count). The molecule has 6 heteroatoms. The first kappa shape index (κ1) is 11.8. The molecule has 1 saturated heterocycles. The zero-order valence-electron chi connectivity index (χ0n) is 8.41. The Bertz CT molecular complexity index is 466. The number of aliphatic hydroxyl groups is 1. The van der Waals surface area contributed by atoms with Crippen molar-refractivity contribution in [3.05, 3.63) is 24.3 Å². The van der Waals surface area contributed by atoms with Crippen LogP contribution in [0, 0.1) is 0 Å². The minimum absolute atomic E-state index is 0.0136. The number of phenols is 1. The third kappa shape index (κ3) is 2.69. The molecule has 0 saturated carbocycles. The minimum atomic E-state index is -3.09. The molecule has 2 N–H and O–H groups in total. The molecule has 0 spiro atoms. The third-order valence-electron chi connectivity index (χ3n) is 2.40. The lowest BCUT2D eigenvalue weighted by Crippen LogP contribution is -2.19. The highest BCUT2D eigenvalue weighted by atomic mass is 32.2. The zero-order valence-corrected chi connectivity index (χ0v) is 10.0. The van der Waals surface area contributed by atoms with Crippen molar-refractivity contribution in [3.63, 3.8) is 0 Å². The molecule has 16 heavy (non-hydrogen) atoms. The van der Waals surface area contributed by atoms with E-state index < -0.39 is 15.9 Å². The van der Waals surface area contributed by atoms with E-state index in [4.69, 9.17) is 5.11 Å². The summed E-state index contributed by atoms with van der Waals surface area (Å²) in [7, 11) is -3.09. The van der Waals surface area contributed by atoms with Crippen molar-refractivity contribution < 1.29 is 18.6 Å². The summed E-state index contributed by atoms with van der Waals surface area (Å²) < 4.78 is 22.6. The molecule has 0 bridgehead atoms. The number of rotatable bonds is 2. The van der Waals surface area contributed by atoms with Crippen LogP contribution in [0.3, 0.4) is 0 Å². The van der Waals surface area contributed by atoms with Crippen molar-refractivity contribution in [3.8, 4) is 5.75 Å². The SMILES string of the molecule is O=S1(=O)C[C@@H](O)[C@H](Sc2ccc(O)cc2)C1. The Labute approximate surface area is 98.2 Å². The van der Waals surface area contributed by atoms with E-state index in [2.05, 4.69) is 0 Å². The van der Waals surface area contributed by atoms with Gasteiger partial charge in [0.15, 0.2) is 9.84 Å². The number of sulfone groups is 1. The molecule has 2 atom stereocenters. The molecule has 1 aliphatic heterocycles. The molecule has 0 radical (unpaired) electrons. The maximum absolute atomic E-state index is 11.3. The molecule has 0 aliphatic carbocycles. The van der Waals surface area contributed by atoms with E-state index >= 15 is 0 Å². The number of hydrogen-bond acceptors (Lipinski definition) is 5. The van der Waals surface area contributed by atoms with Crippen molar-refractivity contribution >= 4 is 21.6 Å². The molecule has 0 unspecified atom stereocenters. The first-order valence-corrected chi connectivity index (χ1v) is 7.50. The lowest BCUT2D eigenvalue weighted by Gasteiger charge is -2.11. The molecule has 0 aromatic heterocycles. The van der Waals surface area contributed by atoms with Gasteiger partial charge >= 0.3 is 0 Å². The number of aromatic hydroxyl groups is 1. The number of thioether (sulfide) groups is 1. The number of aliphatic hydroxyl groups excluding tert-OH is 1. The number of benzene rings is 1. The molecular weight excluding hydrogens is 248 g/mol. The van der Waals surface area contributed by atoms with Crippen LogP contribution in [0.5, 0.6) is 5.75 Å². The van der Waals surface area contributed by atoms with Gasteiger partial charge in [-0.05, 0) is 24.3 Å². The summed E-state index contributed by atoms with van der Waals surface area (Å²) in [6.45, 7) is 0. The Hall–Kier alpha value is -0.720. The molecule has 88 valence electrons. The monoisotopic (exact) mass is 260 g/mol. The zero-order chi connectivity index (χ0) is 11.8. The van der Waals surface area contributed by atoms with Gasteiger partial charge in [0.1, 0.15) is 5.75 Å². The second-order valence-corrected chi connectivity index (χ2v) is 7.26. The Morgan fingerprint density at radius 3 is 2.31 bits per heavy atom. The van der Waals surface area contributed by atoms with E-state index in [1.807, 2.05) is 0 Å². The Morgan fingerprint density at radius 1 is 1.19 bits per heavy atom. The number of phenolic OH excluding ortho intramolecular Hbond substituents is 1. The van der Waals surface area contributed by atoms with Gasteiger partial charge < -0.3 is 10.2 Å². The quantitative estimate of drug-likeness (QED) is 0.816. The highest BCUT2D eigenvalue weighted by Crippen LogP contribution is 2.31. The normalized spacial score (nSPS) is 28.1. The first-order chi connectivity index (χ1) is 7.46. The van der Waals surface area contributed by atoms with Gasteiger partial charge in [0, 0.05) is 4.90 Å². The minimum Gasteiger partial charge on any atom is -0.508 e. The van der Waals surface area contributed by atoms with E-state index in [1.165, 1.54) is 23.9 Å². The molecule has 1 heterocycles. The van der Waals surface area contributed by atoms with Crippen LogP contribution in [0.15, 0.2) is 29.2 Å². The fraction of sp³-hybridized carbons (Fsp3) is 0.400. The summed E-state index contributed by atoms with van der Waals surface area (Å²) in [5.41, 5.74) is 0. The van der Waals surface area contributed by atoms with Crippen molar-refractivity contribution in [1.29, 1.82) is 0 Å². The lowest BCUT2D eigenvalue weighted by atomic mass is 10.3. The lowest BCUT2D eigenvalue weighted by molar-refractivity contribution is 0.207. The van der Waals surface area contributed by atoms with Gasteiger partial charge in [-0.1, -0.05) is 0 Å². The second-order valence-electron chi connectivity index (χ2n) is 3.79. The van der Waals surface area contributed by atoms with E-state index in [0.29, 0.717) is 0 Å². The molecule has 1 fully saturated rings. The van der Waals surface area contributed by atoms with E-state index in [1.54, 1.807) is 12.1 Å². The van der Waals surface area contributed by atoms with Crippen molar-refractivity contribution in [2.45, 2.75) is 16.2 Å². The predicted octanol–water partition coefficient (Wildman–Crippen LogP) is 0.642. The van der Waals surface area contributed by atoms with Gasteiger partial charge in [-0.15, -0.1) is 11.8 Å². The predicted molar refractivity (Wildman–Crippen MR) is 62.4 cm³/mol. The van der Waals surface area contributed by atoms with E-state index in [9.17, 15) is 13.5 Å². The van der Waals surface area contributed by atoms with Crippen LogP contribution in [0.25, 0.3) is 0 Å². The summed E-state index contributed by atoms with van der Waals surface area (Å²) in [5, 5.41) is 18.4. The van der Waals surface area contributed by atoms with Gasteiger partial charge in [0.25, 0.3) is 0 Å². The Kier molecular flexibility index (Phi) is 3.14. The summed E-state index contributed by atoms with van der Waals surface area (Å²) in [5.74, 6) is 0.0339. The Morgan fingerprint density at radius 2 is 1.81 bits per heavy atom. The fourth-order valence-electron chi connectivity index (χ4n) is 1.61. The summed E-state index contributed by atoms with van der Waals surface area (Å²) >= 11 is 1.33. The van der Waals surface area contributed by atoms with Crippen LogP contribution in [0.2, 0.25) is 0 Å². The summed E-state index contributed by atoms with van der Waals surface area (Å²) in [6.07, 6.45) is -0.802. The van der Waals surface area contributed by atoms with Crippen LogP contribution in [-0.4, -0.2) is 41.5 Å². The highest BCUT2D eigenvalue weighted by molar-refractivity contribution is 8.02. The second kappa shape index (κ2) is 4.27. The average Bonchev–Trinajstić information content (AvgIpc) is 2.44. The Balaban J connectivity index is 2.08. The van der Waals surface area contributed by atoms with Crippen LogP contribution in [-0.2, 0) is 9.84 Å². The van der Waals surface area contributed by atoms with Gasteiger partial charge in [0.05, 0.1) is 22.9 Å². The van der Waals surface area contributed by atoms with Crippen LogP contribution in [0.4, 0.5) is 0 Å². The first-order valence-electron chi connectivity index (χ1n) is 4.80. The fourth-order valence-corrected chi connectivity index (χ4v) is 5.13. The van der Waals surface area contributed by atoms with Crippen molar-refractivity contribution in [2.75, 3.05) is 11.5 Å². The smallest absolute Gasteiger partial charge is 0.154 e. The molecular formula is C10H12O4S2. The largest absolute Gasteiger partial charge is 0.508 e. The summed E-state index contributed by atoms with van der Waals surface area (Å²) in [4.78, 5) is 0.846. The molecule has 1 aliphatic rings. The maximum Gasteiger partial charge on any atom is 0.154 e. The molecule has 4 nitrogen and oxygen atoms in total. The van der Waals surface area contributed by atoms with E-state index in [0.717, 1.165) is 4.90 Å². The van der Waals surface area contributed by atoms with Crippen LogP contribution < -0.4 is 0 Å². The number of hydrogen-bond donors (Lipinski definition) is 2. The van der Waals surface area contributed by atoms with Crippen LogP contribution in [0.1, 0.15) is 0 Å². The van der Waals surface area contributed by atoms with Gasteiger partial charge in [0.2, 0.25) is 0 Å².